The van der Waals surface area contributed by atoms with Gasteiger partial charge in [0.05, 0.1) is 35.3 Å². The predicted octanol–water partition coefficient (Wildman–Crippen LogP) is 1.60. The van der Waals surface area contributed by atoms with Gasteiger partial charge in [0.25, 0.3) is 0 Å². The number of furan rings is 1. The van der Waals surface area contributed by atoms with Crippen molar-refractivity contribution in [2.45, 2.75) is 76.0 Å². The van der Waals surface area contributed by atoms with Gasteiger partial charge in [-0.25, -0.2) is 4.79 Å². The lowest BCUT2D eigenvalue weighted by Crippen LogP contribution is -2.59. The third-order valence-electron chi connectivity index (χ3n) is 6.71. The van der Waals surface area contributed by atoms with Crippen LogP contribution in [0.5, 0.6) is 5.75 Å². The number of aliphatic hydroxyl groups excluding tert-OH is 4. The lowest BCUT2D eigenvalue weighted by molar-refractivity contribution is -0.292. The van der Waals surface area contributed by atoms with E-state index in [0.29, 0.717) is 35.1 Å². The number of hydrogen-bond acceptors (Lipinski definition) is 11. The molecule has 6 atom stereocenters. The van der Waals surface area contributed by atoms with E-state index < -0.39 is 48.0 Å². The monoisotopic (exact) mass is 534 g/mol. The van der Waals surface area contributed by atoms with E-state index in [0.717, 1.165) is 11.0 Å². The normalized spacial score (nSPS) is 25.7. The number of rotatable bonds is 10. The first-order chi connectivity index (χ1) is 18.0. The molecule has 11 nitrogen and oxygen atoms in total. The fraction of sp³-hybridized carbons (Fsp3) is 0.519. The second kappa shape index (κ2) is 11.5. The lowest BCUT2D eigenvalue weighted by atomic mass is 9.95. The Balaban J connectivity index is 1.37. The molecule has 3 heterocycles. The van der Waals surface area contributed by atoms with Gasteiger partial charge < -0.3 is 48.6 Å². The molecule has 1 aliphatic heterocycles. The van der Waals surface area contributed by atoms with Crippen molar-refractivity contribution in [1.29, 1.82) is 0 Å². The van der Waals surface area contributed by atoms with Gasteiger partial charge in [0.2, 0.25) is 0 Å². The highest BCUT2D eigenvalue weighted by Crippen LogP contribution is 2.35. The Kier molecular flexibility index (Phi) is 8.58. The maximum atomic E-state index is 11.6. The Labute approximate surface area is 218 Å². The molecule has 0 saturated carbocycles. The third kappa shape index (κ3) is 6.26. The Morgan fingerprint density at radius 1 is 1.08 bits per heavy atom. The van der Waals surface area contributed by atoms with Gasteiger partial charge in [0, 0.05) is 12.1 Å². The maximum Gasteiger partial charge on any atom is 0.336 e. The van der Waals surface area contributed by atoms with E-state index in [2.05, 4.69) is 0 Å². The van der Waals surface area contributed by atoms with Gasteiger partial charge in [0.15, 0.2) is 6.29 Å². The van der Waals surface area contributed by atoms with Crippen molar-refractivity contribution in [2.24, 2.45) is 0 Å². The van der Waals surface area contributed by atoms with E-state index in [-0.39, 0.29) is 13.2 Å². The SMILES string of the molecule is C/C(=C\COc1c2ccoc2cc2oc(=O)ccc12)CC[C@H](OC[C@H]1O[C@@H](O)[C@H](O)[C@@H](O)[C@@H]1O)C(C)(C)O. The van der Waals surface area contributed by atoms with Crippen molar-refractivity contribution in [3.8, 4) is 5.75 Å². The van der Waals surface area contributed by atoms with Gasteiger partial charge in [-0.05, 0) is 51.8 Å². The molecule has 38 heavy (non-hydrogen) atoms. The summed E-state index contributed by atoms with van der Waals surface area (Å²) in [6.07, 6.45) is -3.65. The summed E-state index contributed by atoms with van der Waals surface area (Å²) < 4.78 is 27.8. The van der Waals surface area contributed by atoms with Crippen molar-refractivity contribution < 1.29 is 48.6 Å². The molecule has 0 unspecified atom stereocenters. The second-order valence-electron chi connectivity index (χ2n) is 10.1. The van der Waals surface area contributed by atoms with Crippen LogP contribution in [0.2, 0.25) is 0 Å². The molecule has 3 aromatic rings. The number of hydrogen-bond donors (Lipinski definition) is 5. The van der Waals surface area contributed by atoms with Crippen LogP contribution in [-0.4, -0.2) is 81.2 Å². The number of fused-ring (bicyclic) bond motifs is 2. The highest BCUT2D eigenvalue weighted by Gasteiger charge is 2.43. The molecule has 0 amide bonds. The van der Waals surface area contributed by atoms with E-state index in [1.54, 1.807) is 32.0 Å². The minimum atomic E-state index is -1.66. The highest BCUT2D eigenvalue weighted by atomic mass is 16.6. The zero-order valence-corrected chi connectivity index (χ0v) is 21.4. The van der Waals surface area contributed by atoms with Crippen molar-refractivity contribution in [2.75, 3.05) is 13.2 Å². The summed E-state index contributed by atoms with van der Waals surface area (Å²) in [6.45, 7) is 5.14. The fourth-order valence-corrected chi connectivity index (χ4v) is 4.41. The molecule has 1 saturated heterocycles. The summed E-state index contributed by atoms with van der Waals surface area (Å²) in [5.41, 5.74) is 0.174. The zero-order chi connectivity index (χ0) is 27.6. The topological polar surface area (TPSA) is 172 Å². The van der Waals surface area contributed by atoms with Gasteiger partial charge in [-0.1, -0.05) is 5.57 Å². The smallest absolute Gasteiger partial charge is 0.336 e. The summed E-state index contributed by atoms with van der Waals surface area (Å²) in [5.74, 6) is 0.539. The van der Waals surface area contributed by atoms with Crippen molar-refractivity contribution in [1.82, 2.24) is 0 Å². The van der Waals surface area contributed by atoms with Crippen LogP contribution in [0.15, 0.2) is 55.8 Å². The molecule has 1 aliphatic rings. The molecule has 208 valence electrons. The minimum Gasteiger partial charge on any atom is -0.488 e. The average Bonchev–Trinajstić information content (AvgIpc) is 3.32. The van der Waals surface area contributed by atoms with Crippen molar-refractivity contribution in [3.63, 3.8) is 0 Å². The third-order valence-corrected chi connectivity index (χ3v) is 6.71. The molecule has 1 fully saturated rings. The molecular weight excluding hydrogens is 500 g/mol. The molecule has 2 aromatic heterocycles. The molecule has 0 bridgehead atoms. The second-order valence-corrected chi connectivity index (χ2v) is 10.1. The average molecular weight is 535 g/mol. The van der Waals surface area contributed by atoms with Crippen LogP contribution in [0.25, 0.3) is 21.9 Å². The van der Waals surface area contributed by atoms with E-state index in [1.165, 1.54) is 12.3 Å². The minimum absolute atomic E-state index is 0.208. The van der Waals surface area contributed by atoms with Crippen LogP contribution >= 0.6 is 0 Å². The summed E-state index contributed by atoms with van der Waals surface area (Å²) >= 11 is 0. The fourth-order valence-electron chi connectivity index (χ4n) is 4.41. The number of ether oxygens (including phenoxy) is 3. The Hall–Kier alpha value is -2.77. The lowest BCUT2D eigenvalue weighted by Gasteiger charge is -2.39. The van der Waals surface area contributed by atoms with Gasteiger partial charge >= 0.3 is 5.63 Å². The molecule has 4 rings (SSSR count). The van der Waals surface area contributed by atoms with E-state index in [1.807, 2.05) is 13.0 Å². The number of allylic oxidation sites excluding steroid dienone is 1. The van der Waals surface area contributed by atoms with Crippen LogP contribution in [0.4, 0.5) is 0 Å². The number of benzene rings is 1. The van der Waals surface area contributed by atoms with Crippen LogP contribution in [0, 0.1) is 0 Å². The number of aliphatic hydroxyl groups is 5. The van der Waals surface area contributed by atoms with Crippen LogP contribution in [0.1, 0.15) is 33.6 Å². The van der Waals surface area contributed by atoms with Gasteiger partial charge in [-0.15, -0.1) is 0 Å². The molecule has 5 N–H and O–H groups in total. The van der Waals surface area contributed by atoms with Crippen LogP contribution in [0.3, 0.4) is 0 Å². The largest absolute Gasteiger partial charge is 0.488 e. The molecule has 0 aliphatic carbocycles. The van der Waals surface area contributed by atoms with Crippen molar-refractivity contribution in [3.05, 3.63) is 52.6 Å². The van der Waals surface area contributed by atoms with Gasteiger partial charge in [-0.2, -0.15) is 0 Å². The van der Waals surface area contributed by atoms with Gasteiger partial charge in [-0.3, -0.25) is 0 Å². The first kappa shape index (κ1) is 28.2. The molecule has 11 heteroatoms. The highest BCUT2D eigenvalue weighted by molar-refractivity contribution is 6.01. The van der Waals surface area contributed by atoms with Crippen molar-refractivity contribution >= 4 is 21.9 Å². The summed E-state index contributed by atoms with van der Waals surface area (Å²) in [6, 6.07) is 6.41. The predicted molar refractivity (Wildman–Crippen MR) is 136 cm³/mol. The molecule has 0 radical (unpaired) electrons. The standard InChI is InChI=1S/C27H34O11/c1-14(4-6-20(27(2,3)33)36-13-19-22(29)23(30)24(31)26(32)38-19)8-10-35-25-15-5-7-21(28)37-18(15)12-17-16(25)9-11-34-17/h5,7-9,11-12,19-20,22-24,26,29-33H,4,6,10,13H2,1-3H3/b14-8+/t19-,20+,22-,23+,24-,26-/m1/s1. The molecule has 1 aromatic carbocycles. The Bertz CT molecular complexity index is 1320. The molecule has 0 spiro atoms. The van der Waals surface area contributed by atoms with Crippen LogP contribution < -0.4 is 10.4 Å². The Morgan fingerprint density at radius 2 is 1.82 bits per heavy atom. The summed E-state index contributed by atoms with van der Waals surface area (Å²) in [5, 5.41) is 51.4. The zero-order valence-electron chi connectivity index (χ0n) is 21.4. The van der Waals surface area contributed by atoms with Gasteiger partial charge in [0.1, 0.15) is 47.9 Å². The quantitative estimate of drug-likeness (QED) is 0.189. The maximum absolute atomic E-state index is 11.6. The first-order valence-electron chi connectivity index (χ1n) is 12.4. The van der Waals surface area contributed by atoms with E-state index in [4.69, 9.17) is 23.0 Å². The summed E-state index contributed by atoms with van der Waals surface area (Å²) in [4.78, 5) is 11.6. The summed E-state index contributed by atoms with van der Waals surface area (Å²) in [7, 11) is 0. The van der Waals surface area contributed by atoms with Crippen LogP contribution in [-0.2, 0) is 9.47 Å². The first-order valence-corrected chi connectivity index (χ1v) is 12.4. The van der Waals surface area contributed by atoms with E-state index in [9.17, 15) is 30.3 Å². The molecular formula is C27H34O11. The Morgan fingerprint density at radius 3 is 2.55 bits per heavy atom. The van der Waals surface area contributed by atoms with E-state index >= 15 is 0 Å².